The molecule has 0 rings (SSSR count). The van der Waals surface area contributed by atoms with E-state index in [-0.39, 0.29) is 125 Å². The van der Waals surface area contributed by atoms with Gasteiger partial charge in [-0.3, -0.25) is 0 Å². The Morgan fingerprint density at radius 2 is 0.463 bits per heavy atom. The summed E-state index contributed by atoms with van der Waals surface area (Å²) in [5, 5.41) is 0. The van der Waals surface area contributed by atoms with E-state index >= 15 is 0 Å². The second-order valence-corrected chi connectivity index (χ2v) is 26.4. The average Bonchev–Trinajstić information content (AvgIpc) is 2.92. The maximum absolute atomic E-state index is 2.30. The molecule has 41 heavy (non-hydrogen) atoms. The van der Waals surface area contributed by atoms with Crippen molar-refractivity contribution in [2.45, 2.75) is 206 Å². The van der Waals surface area contributed by atoms with Gasteiger partial charge in [0.2, 0.25) is 0 Å². The molecule has 0 fully saturated rings. The Morgan fingerprint density at radius 3 is 0.683 bits per heavy atom. The van der Waals surface area contributed by atoms with Gasteiger partial charge >= 0.3 is 291 Å². The molecule has 0 aliphatic rings. The van der Waals surface area contributed by atoms with E-state index in [0.717, 1.165) is 0 Å². The van der Waals surface area contributed by atoms with Gasteiger partial charge in [0.15, 0.2) is 0 Å². The molecule has 0 aliphatic carbocycles. The van der Waals surface area contributed by atoms with Gasteiger partial charge in [0, 0.05) is 0 Å². The van der Waals surface area contributed by atoms with E-state index in [1.807, 2.05) is 0 Å². The molecule has 0 aromatic carbocycles. The Labute approximate surface area is 327 Å². The molecule has 0 nitrogen and oxygen atoms in total. The molecule has 0 aliphatic heterocycles. The van der Waals surface area contributed by atoms with Crippen molar-refractivity contribution in [2.24, 2.45) is 0 Å². The van der Waals surface area contributed by atoms with Crippen molar-refractivity contribution in [1.82, 2.24) is 0 Å². The predicted molar refractivity (Wildman–Crippen MR) is 216 cm³/mol. The number of hydrogen-bond acceptors (Lipinski definition) is 3. The minimum absolute atomic E-state index is 0. The first-order chi connectivity index (χ1) is 18.7. The van der Waals surface area contributed by atoms with Gasteiger partial charge < -0.3 is 40.5 Å². The van der Waals surface area contributed by atoms with Crippen LogP contribution in [0.2, 0.25) is 36.5 Å². The summed E-state index contributed by atoms with van der Waals surface area (Å²) >= 11 is 0.603. The van der Waals surface area contributed by atoms with E-state index in [1.54, 1.807) is 39.5 Å². The van der Waals surface area contributed by atoms with Gasteiger partial charge in [-0.15, -0.1) is 0 Å². The van der Waals surface area contributed by atoms with Crippen molar-refractivity contribution < 1.29 is 0 Å². The molecule has 0 amide bonds. The summed E-state index contributed by atoms with van der Waals surface area (Å²) in [6.07, 6.45) is 29.5. The Morgan fingerprint density at radius 1 is 0.293 bits per heavy atom. The third kappa shape index (κ3) is 86.3. The van der Waals surface area contributed by atoms with E-state index in [4.69, 9.17) is 0 Å². The molecule has 0 unspecified atom stereocenters. The summed E-state index contributed by atoms with van der Waals surface area (Å²) in [6, 6.07) is 0. The van der Waals surface area contributed by atoms with Gasteiger partial charge in [0.1, 0.15) is 0 Å². The summed E-state index contributed by atoms with van der Waals surface area (Å²) in [5.74, 6) is 0. The van der Waals surface area contributed by atoms with Gasteiger partial charge in [-0.25, -0.2) is 0 Å². The number of thiol groups is 3. The standard InChI is InChI=1S/2C8H17.4C4H9.2CH3.3H2S.4Sn/c2*1-3-5-7-8-6-4-2;4*1-3-4-2;;;;;;;;;/h2*1,3-8H2,2H3;4*1,3-4H2,2H3;2*1H3;3*1H2;;;;/q;;;;;;;;;;;;3*+1/p-3. The summed E-state index contributed by atoms with van der Waals surface area (Å²) < 4.78 is 9.81. The summed E-state index contributed by atoms with van der Waals surface area (Å²) in [4.78, 5) is 4.59. The third-order valence-electron chi connectivity index (χ3n) is 6.24. The van der Waals surface area contributed by atoms with Crippen LogP contribution in [0.15, 0.2) is 0 Å². The van der Waals surface area contributed by atoms with Crippen LogP contribution >= 0.6 is 0 Å². The van der Waals surface area contributed by atoms with Crippen molar-refractivity contribution in [2.75, 3.05) is 0 Å². The van der Waals surface area contributed by atoms with Gasteiger partial charge in [0.05, 0.1) is 0 Å². The van der Waals surface area contributed by atoms with Crippen LogP contribution in [0.1, 0.15) is 170 Å². The zero-order chi connectivity index (χ0) is 29.2. The molecule has 249 valence electrons. The first-order valence-corrected chi connectivity index (χ1v) is 35.2. The zero-order valence-corrected chi connectivity index (χ0v) is 43.8. The second-order valence-electron chi connectivity index (χ2n) is 10.7. The van der Waals surface area contributed by atoms with Crippen LogP contribution in [0.5, 0.6) is 0 Å². The van der Waals surface area contributed by atoms with Gasteiger partial charge in [-0.2, -0.15) is 0 Å². The molecule has 0 aromatic rings. The second kappa shape index (κ2) is 70.6. The number of hydrogen-bond donors (Lipinski definition) is 0. The summed E-state index contributed by atoms with van der Waals surface area (Å²) in [6.45, 7) is 13.8. The molecule has 7 heteroatoms. The Bertz CT molecular complexity index is 288. The van der Waals surface area contributed by atoms with E-state index in [0.29, 0.717) is 0 Å². The monoisotopic (exact) mass is 1060 g/mol. The molecule has 0 heterocycles. The van der Waals surface area contributed by atoms with Crippen molar-refractivity contribution in [3.8, 4) is 0 Å². The first kappa shape index (κ1) is 60.6. The number of rotatable bonds is 26. The van der Waals surface area contributed by atoms with Gasteiger partial charge in [-0.1, -0.05) is 0 Å². The van der Waals surface area contributed by atoms with Crippen LogP contribution in [0.25, 0.3) is 0 Å². The fraction of sp³-hybridized carbons (Fsp3) is 1.00. The molecule has 0 spiro atoms. The van der Waals surface area contributed by atoms with Gasteiger partial charge in [0.25, 0.3) is 0 Å². The Balaban J connectivity index is -0.0000000829. The third-order valence-corrected chi connectivity index (χ3v) is 18.4. The van der Waals surface area contributed by atoms with Crippen LogP contribution in [0.3, 0.4) is 0 Å². The first-order valence-electron chi connectivity index (χ1n) is 17.4. The van der Waals surface area contributed by atoms with Crippen LogP contribution in [-0.4, -0.2) is 84.6 Å². The quantitative estimate of drug-likeness (QED) is 0.0367. The SMILES string of the molecule is CCCCCCC[CH2][Sn+][CH2]CCCCCCC.CCC[CH2][Sn+][CH2]CCC.CCC[CH2][Sn+][CH2]CCC.[CH3][Sn][CH3].[SH-].[SH-].[SH-]. The Kier molecular flexibility index (Phi) is 104. The van der Waals surface area contributed by atoms with Crippen LogP contribution in [0, 0.1) is 0 Å². The average molecular weight is 1060 g/mol. The van der Waals surface area contributed by atoms with Crippen LogP contribution in [0.4, 0.5) is 0 Å². The normalized spacial score (nSPS) is 9.07. The van der Waals surface area contributed by atoms with Crippen molar-refractivity contribution in [3.63, 3.8) is 0 Å². The molecule has 0 N–H and O–H groups in total. The summed E-state index contributed by atoms with van der Waals surface area (Å²) in [5.41, 5.74) is 0. The van der Waals surface area contributed by atoms with Crippen molar-refractivity contribution in [3.05, 3.63) is 0 Å². The van der Waals surface area contributed by atoms with E-state index in [9.17, 15) is 0 Å². The smallest absolute Gasteiger partial charge is 0.813 e. The van der Waals surface area contributed by atoms with Crippen LogP contribution < -0.4 is 0 Å². The zero-order valence-electron chi connectivity index (χ0n) is 29.7. The number of unbranched alkanes of at least 4 members (excludes halogenated alkanes) is 14. The molecule has 0 aromatic heterocycles. The van der Waals surface area contributed by atoms with E-state index < -0.39 is 0 Å². The summed E-state index contributed by atoms with van der Waals surface area (Å²) in [7, 11) is 0. The minimum atomic E-state index is 0. The largest absolute Gasteiger partial charge is 0.813 e. The van der Waals surface area contributed by atoms with Gasteiger partial charge in [-0.05, 0) is 0 Å². The fourth-order valence-corrected chi connectivity index (χ4v) is 15.5. The van der Waals surface area contributed by atoms with Crippen molar-refractivity contribution >= 4 is 125 Å². The van der Waals surface area contributed by atoms with Crippen molar-refractivity contribution in [1.29, 1.82) is 0 Å². The van der Waals surface area contributed by atoms with E-state index in [2.05, 4.69) is 51.4 Å². The molecular weight excluding hydrogens is 979 g/mol. The van der Waals surface area contributed by atoms with E-state index in [1.165, 1.54) is 116 Å². The molecule has 0 saturated heterocycles. The molecule has 0 bridgehead atoms. The molecule has 5 radical (unpaired) electrons. The predicted octanol–water partition coefficient (Wildman–Crippen LogP) is 12.5. The molecule has 0 atom stereocenters. The fourth-order valence-electron chi connectivity index (χ4n) is 3.64. The minimum Gasteiger partial charge on any atom is -0.813 e. The molecule has 0 saturated carbocycles. The Hall–Kier alpha value is 4.24. The topological polar surface area (TPSA) is 0 Å². The van der Waals surface area contributed by atoms with Crippen LogP contribution in [-0.2, 0) is 40.5 Å². The maximum atomic E-state index is 2.30. The molecular formula is C34H79S3Sn4. The maximum Gasteiger partial charge on any atom is -0.813 e.